The predicted molar refractivity (Wildman–Crippen MR) is 57.9 cm³/mol. The van der Waals surface area contributed by atoms with Crippen LogP contribution in [0, 0.1) is 11.3 Å². The van der Waals surface area contributed by atoms with Gasteiger partial charge in [-0.1, -0.05) is 13.8 Å². The lowest BCUT2D eigenvalue weighted by molar-refractivity contribution is -0.162. The Bertz CT molecular complexity index is 355. The van der Waals surface area contributed by atoms with Gasteiger partial charge in [-0.15, -0.1) is 0 Å². The van der Waals surface area contributed by atoms with E-state index in [0.717, 1.165) is 6.26 Å². The zero-order chi connectivity index (χ0) is 12.6. The second kappa shape index (κ2) is 4.19. The van der Waals surface area contributed by atoms with Crippen molar-refractivity contribution in [1.82, 2.24) is 10.0 Å². The van der Waals surface area contributed by atoms with E-state index >= 15 is 0 Å². The summed E-state index contributed by atoms with van der Waals surface area (Å²) in [6.45, 7) is 3.08. The maximum Gasteiger partial charge on any atom is 0.259 e. The lowest BCUT2D eigenvalue weighted by atomic mass is 9.75. The predicted octanol–water partition coefficient (Wildman–Crippen LogP) is 0.417. The summed E-state index contributed by atoms with van der Waals surface area (Å²) in [4.78, 5) is 0. The van der Waals surface area contributed by atoms with Crippen LogP contribution in [0.4, 0.5) is 8.78 Å². The monoisotopic (exact) mass is 256 g/mol. The fraction of sp³-hybridized carbons (Fsp3) is 1.00. The van der Waals surface area contributed by atoms with Gasteiger partial charge in [-0.3, -0.25) is 0 Å². The second-order valence-electron chi connectivity index (χ2n) is 4.96. The van der Waals surface area contributed by atoms with Crippen molar-refractivity contribution in [2.75, 3.05) is 25.9 Å². The highest BCUT2D eigenvalue weighted by Crippen LogP contribution is 2.43. The van der Waals surface area contributed by atoms with E-state index in [0.29, 0.717) is 0 Å². The molecule has 0 aromatic heterocycles. The lowest BCUT2D eigenvalue weighted by Crippen LogP contribution is -2.59. The van der Waals surface area contributed by atoms with Crippen LogP contribution in [0.1, 0.15) is 13.8 Å². The quantitative estimate of drug-likeness (QED) is 0.769. The number of rotatable bonds is 3. The van der Waals surface area contributed by atoms with Gasteiger partial charge in [-0.25, -0.2) is 21.9 Å². The van der Waals surface area contributed by atoms with Gasteiger partial charge >= 0.3 is 0 Å². The molecule has 0 saturated carbocycles. The van der Waals surface area contributed by atoms with Crippen molar-refractivity contribution >= 4 is 10.0 Å². The summed E-state index contributed by atoms with van der Waals surface area (Å²) in [5.74, 6) is -3.89. The van der Waals surface area contributed by atoms with Crippen molar-refractivity contribution in [2.24, 2.45) is 11.3 Å². The molecule has 0 spiro atoms. The molecule has 1 aliphatic heterocycles. The molecule has 0 radical (unpaired) electrons. The fourth-order valence-electron chi connectivity index (χ4n) is 1.81. The minimum absolute atomic E-state index is 0.124. The zero-order valence-corrected chi connectivity index (χ0v) is 10.5. The van der Waals surface area contributed by atoms with Crippen LogP contribution in [0.2, 0.25) is 0 Å². The summed E-state index contributed by atoms with van der Waals surface area (Å²) in [6.07, 6.45) is 0.965. The second-order valence-corrected chi connectivity index (χ2v) is 6.79. The lowest BCUT2D eigenvalue weighted by Gasteiger charge is -2.44. The topological polar surface area (TPSA) is 58.2 Å². The van der Waals surface area contributed by atoms with Crippen LogP contribution in [0.5, 0.6) is 0 Å². The minimum atomic E-state index is -3.42. The van der Waals surface area contributed by atoms with Gasteiger partial charge in [0.25, 0.3) is 5.92 Å². The summed E-state index contributed by atoms with van der Waals surface area (Å²) in [5.41, 5.74) is -1.16. The molecule has 1 atom stereocenters. The molecule has 4 nitrogen and oxygen atoms in total. The average molecular weight is 256 g/mol. The van der Waals surface area contributed by atoms with Crippen LogP contribution in [-0.2, 0) is 10.0 Å². The highest BCUT2D eigenvalue weighted by atomic mass is 32.2. The first-order valence-corrected chi connectivity index (χ1v) is 6.98. The molecule has 96 valence electrons. The highest BCUT2D eigenvalue weighted by molar-refractivity contribution is 7.88. The first-order chi connectivity index (χ1) is 7.06. The summed E-state index contributed by atoms with van der Waals surface area (Å²) in [6, 6.07) is 0. The van der Waals surface area contributed by atoms with E-state index < -0.39 is 27.3 Å². The summed E-state index contributed by atoms with van der Waals surface area (Å²) < 4.78 is 51.8. The Kier molecular flexibility index (Phi) is 3.62. The molecular weight excluding hydrogens is 238 g/mol. The molecule has 0 aromatic carbocycles. The van der Waals surface area contributed by atoms with E-state index in [1.165, 1.54) is 13.8 Å². The van der Waals surface area contributed by atoms with Crippen molar-refractivity contribution in [1.29, 1.82) is 0 Å². The van der Waals surface area contributed by atoms with Crippen LogP contribution in [-0.4, -0.2) is 40.2 Å². The van der Waals surface area contributed by atoms with Gasteiger partial charge in [0.1, 0.15) is 0 Å². The molecule has 2 N–H and O–H groups in total. The molecule has 16 heavy (non-hydrogen) atoms. The molecular formula is C9H18F2N2O2S. The van der Waals surface area contributed by atoms with Gasteiger partial charge in [-0.05, 0) is 0 Å². The van der Waals surface area contributed by atoms with Crippen LogP contribution in [0.25, 0.3) is 0 Å². The van der Waals surface area contributed by atoms with E-state index in [9.17, 15) is 17.2 Å². The highest BCUT2D eigenvalue weighted by Gasteiger charge is 2.54. The number of piperidine rings is 1. The van der Waals surface area contributed by atoms with Gasteiger partial charge in [-0.2, -0.15) is 0 Å². The molecule has 1 heterocycles. The first kappa shape index (κ1) is 13.8. The van der Waals surface area contributed by atoms with Crippen LogP contribution >= 0.6 is 0 Å². The van der Waals surface area contributed by atoms with Gasteiger partial charge in [0.2, 0.25) is 10.0 Å². The van der Waals surface area contributed by atoms with Crippen LogP contribution in [0.15, 0.2) is 0 Å². The Balaban J connectivity index is 2.73. The van der Waals surface area contributed by atoms with Crippen molar-refractivity contribution in [3.8, 4) is 0 Å². The maximum absolute atomic E-state index is 13.9. The normalized spacial score (nSPS) is 28.9. The third-order valence-corrected chi connectivity index (χ3v) is 3.66. The van der Waals surface area contributed by atoms with E-state index in [-0.39, 0.29) is 19.6 Å². The largest absolute Gasteiger partial charge is 0.315 e. The molecule has 1 unspecified atom stereocenters. The molecule has 1 rings (SSSR count). The summed E-state index contributed by atoms with van der Waals surface area (Å²) in [5, 5.41) is 2.90. The molecule has 1 saturated heterocycles. The van der Waals surface area contributed by atoms with E-state index in [1.807, 2.05) is 0 Å². The van der Waals surface area contributed by atoms with Crippen molar-refractivity contribution in [3.63, 3.8) is 0 Å². The number of nitrogens with one attached hydrogen (secondary N) is 2. The zero-order valence-electron chi connectivity index (χ0n) is 9.68. The molecule has 0 bridgehead atoms. The number of alkyl halides is 2. The Labute approximate surface area is 94.8 Å². The van der Waals surface area contributed by atoms with Crippen molar-refractivity contribution in [2.45, 2.75) is 19.8 Å². The smallest absolute Gasteiger partial charge is 0.259 e. The van der Waals surface area contributed by atoms with E-state index in [1.54, 1.807) is 0 Å². The maximum atomic E-state index is 13.9. The van der Waals surface area contributed by atoms with Gasteiger partial charge in [0.05, 0.1) is 6.26 Å². The first-order valence-electron chi connectivity index (χ1n) is 5.09. The third kappa shape index (κ3) is 2.89. The molecule has 0 aromatic rings. The number of hydrogen-bond acceptors (Lipinski definition) is 3. The number of hydrogen-bond donors (Lipinski definition) is 2. The molecule has 7 heteroatoms. The summed E-state index contributed by atoms with van der Waals surface area (Å²) >= 11 is 0. The number of halogens is 2. The molecule has 1 aliphatic rings. The Morgan fingerprint density at radius 2 is 2.00 bits per heavy atom. The van der Waals surface area contributed by atoms with Crippen LogP contribution < -0.4 is 10.0 Å². The van der Waals surface area contributed by atoms with Gasteiger partial charge in [0, 0.05) is 31.0 Å². The Morgan fingerprint density at radius 3 is 2.50 bits per heavy atom. The SMILES string of the molecule is CC1(C)CNCC(CNS(C)(=O)=O)C1(F)F. The summed E-state index contributed by atoms with van der Waals surface area (Å²) in [7, 11) is -3.42. The van der Waals surface area contributed by atoms with E-state index in [4.69, 9.17) is 0 Å². The fourth-order valence-corrected chi connectivity index (χ4v) is 2.31. The molecule has 0 aliphatic carbocycles. The molecule has 0 amide bonds. The van der Waals surface area contributed by atoms with Crippen molar-refractivity contribution in [3.05, 3.63) is 0 Å². The standard InChI is InChI=1S/C9H18F2N2O2S/c1-8(2)6-12-4-7(9(8,10)11)5-13-16(3,14)15/h7,12-13H,4-6H2,1-3H3. The average Bonchev–Trinajstić information content (AvgIpc) is 2.06. The van der Waals surface area contributed by atoms with Gasteiger partial charge in [0.15, 0.2) is 0 Å². The van der Waals surface area contributed by atoms with Crippen LogP contribution in [0.3, 0.4) is 0 Å². The molecule has 1 fully saturated rings. The van der Waals surface area contributed by atoms with E-state index in [2.05, 4.69) is 10.0 Å². The Morgan fingerprint density at radius 1 is 1.44 bits per heavy atom. The van der Waals surface area contributed by atoms with Gasteiger partial charge < -0.3 is 5.32 Å². The number of sulfonamides is 1. The minimum Gasteiger partial charge on any atom is -0.315 e. The third-order valence-electron chi connectivity index (χ3n) is 2.96. The Hall–Kier alpha value is -0.270. The van der Waals surface area contributed by atoms with Crippen molar-refractivity contribution < 1.29 is 17.2 Å².